The van der Waals surface area contributed by atoms with E-state index in [1.807, 2.05) is 0 Å². The Morgan fingerprint density at radius 3 is 2.72 bits per heavy atom. The Morgan fingerprint density at radius 2 is 2.08 bits per heavy atom. The average Bonchev–Trinajstić information content (AvgIpc) is 3.03. The predicted octanol–water partition coefficient (Wildman–Crippen LogP) is 0.828. The molecule has 12 heteroatoms. The number of hydrogen-bond acceptors (Lipinski definition) is 8. The first-order chi connectivity index (χ1) is 11.4. The largest absolute Gasteiger partial charge is 0.368 e. The minimum Gasteiger partial charge on any atom is -0.368 e. The van der Waals surface area contributed by atoms with Crippen molar-refractivity contribution in [3.63, 3.8) is 0 Å². The Kier molecular flexibility index (Phi) is 4.69. The number of fused-ring (bicyclic) bond motifs is 1. The van der Waals surface area contributed by atoms with Gasteiger partial charge < -0.3 is 36.3 Å². The second kappa shape index (κ2) is 6.50. The molecule has 2 aromatic heterocycles. The van der Waals surface area contributed by atoms with Gasteiger partial charge in [-0.15, -0.1) is 0 Å². The Hall–Kier alpha value is -1.78. The molecule has 11 nitrogen and oxygen atoms in total. The smallest absolute Gasteiger partial charge is 0.354 e. The van der Waals surface area contributed by atoms with Crippen molar-refractivity contribution >= 4 is 30.5 Å². The van der Waals surface area contributed by atoms with E-state index in [0.29, 0.717) is 42.4 Å². The van der Waals surface area contributed by atoms with E-state index in [9.17, 15) is 14.4 Å². The molecule has 2 aliphatic rings. The van der Waals surface area contributed by atoms with Gasteiger partial charge in [0.25, 0.3) is 0 Å². The minimum atomic E-state index is -4.22. The van der Waals surface area contributed by atoms with Crippen LogP contribution in [0.15, 0.2) is 6.33 Å². The fourth-order valence-electron chi connectivity index (χ4n) is 2.90. The maximum Gasteiger partial charge on any atom is 0.354 e. The summed E-state index contributed by atoms with van der Waals surface area (Å²) in [5.41, 5.74) is 7.03. The summed E-state index contributed by atoms with van der Waals surface area (Å²) in [5.74, 6) is -0.240. The zero-order valence-electron chi connectivity index (χ0n) is 13.6. The number of nitrogens with one attached hydrogen (secondary N) is 1. The summed E-state index contributed by atoms with van der Waals surface area (Å²) in [6, 6.07) is 0.412. The predicted molar refractivity (Wildman–Crippen MR) is 91.3 cm³/mol. The van der Waals surface area contributed by atoms with Crippen LogP contribution < -0.4 is 17.2 Å². The van der Waals surface area contributed by atoms with Crippen molar-refractivity contribution in [1.29, 1.82) is 0 Å². The summed E-state index contributed by atoms with van der Waals surface area (Å²) in [6.07, 6.45) is 4.45. The van der Waals surface area contributed by atoms with Crippen LogP contribution in [0.25, 0.3) is 11.2 Å². The van der Waals surface area contributed by atoms with Crippen LogP contribution >= 0.6 is 7.60 Å². The molecule has 8 N–H and O–H groups in total. The Labute approximate surface area is 143 Å². The van der Waals surface area contributed by atoms with Crippen LogP contribution in [0, 0.1) is 0 Å². The second-order valence-corrected chi connectivity index (χ2v) is 8.05. The summed E-state index contributed by atoms with van der Waals surface area (Å²) in [4.78, 5) is 31.3. The third kappa shape index (κ3) is 3.75. The van der Waals surface area contributed by atoms with Gasteiger partial charge in [0.05, 0.1) is 19.0 Å². The van der Waals surface area contributed by atoms with Gasteiger partial charge in [0.2, 0.25) is 5.95 Å². The SMILES string of the molecule is N.Nc1nc(NC2CC2)c2ncn(C[C@@H]3CC[C@@H](P(=O)(O)O)O3)c2n1. The number of aromatic nitrogens is 4. The highest BCUT2D eigenvalue weighted by molar-refractivity contribution is 7.52. The summed E-state index contributed by atoms with van der Waals surface area (Å²) in [7, 11) is -4.22. The molecular weight excluding hydrogens is 349 g/mol. The highest BCUT2D eigenvalue weighted by Crippen LogP contribution is 2.48. The number of hydrogen-bond donors (Lipinski definition) is 5. The van der Waals surface area contributed by atoms with E-state index in [2.05, 4.69) is 20.3 Å². The lowest BCUT2D eigenvalue weighted by Gasteiger charge is -2.15. The fourth-order valence-corrected chi connectivity index (χ4v) is 3.72. The van der Waals surface area contributed by atoms with Crippen molar-refractivity contribution in [3.8, 4) is 0 Å². The lowest BCUT2D eigenvalue weighted by molar-refractivity contribution is 0.0621. The van der Waals surface area contributed by atoms with E-state index >= 15 is 0 Å². The molecule has 0 spiro atoms. The molecule has 2 atom stereocenters. The maximum absolute atomic E-state index is 11.3. The molecule has 0 unspecified atom stereocenters. The number of anilines is 2. The lowest BCUT2D eigenvalue weighted by atomic mass is 10.2. The van der Waals surface area contributed by atoms with Crippen LogP contribution in [-0.2, 0) is 15.8 Å². The quantitative estimate of drug-likeness (QED) is 0.472. The monoisotopic (exact) mass is 371 g/mol. The standard InChI is InChI=1S/C13H19N6O4P.H3N/c14-13-17-11(16-7-1-2-7)10-12(18-13)19(6-15-10)5-8-3-4-9(23-8)24(20,21)22;/h6-9H,1-5H2,(H2,20,21,22)(H3,14,16,17,18);1H3/t8-,9+;/m0./s1. The Morgan fingerprint density at radius 1 is 1.32 bits per heavy atom. The highest BCUT2D eigenvalue weighted by atomic mass is 31.2. The van der Waals surface area contributed by atoms with Crippen LogP contribution in [0.2, 0.25) is 0 Å². The highest BCUT2D eigenvalue weighted by Gasteiger charge is 2.37. The van der Waals surface area contributed by atoms with Crippen LogP contribution in [0.5, 0.6) is 0 Å². The van der Waals surface area contributed by atoms with Gasteiger partial charge in [0.15, 0.2) is 22.8 Å². The van der Waals surface area contributed by atoms with Gasteiger partial charge in [0, 0.05) is 6.04 Å². The van der Waals surface area contributed by atoms with E-state index in [4.69, 9.17) is 10.5 Å². The number of ether oxygens (including phenoxy) is 1. The lowest BCUT2D eigenvalue weighted by Crippen LogP contribution is -2.17. The average molecular weight is 371 g/mol. The molecular formula is C13H22N7O4P. The fraction of sp³-hybridized carbons (Fsp3) is 0.615. The molecule has 1 aliphatic heterocycles. The van der Waals surface area contributed by atoms with E-state index in [1.54, 1.807) is 10.9 Å². The van der Waals surface area contributed by atoms with Gasteiger partial charge in [-0.05, 0) is 25.7 Å². The van der Waals surface area contributed by atoms with Gasteiger partial charge in [-0.2, -0.15) is 9.97 Å². The number of rotatable bonds is 5. The number of nitrogen functional groups attached to an aromatic ring is 1. The van der Waals surface area contributed by atoms with Gasteiger partial charge >= 0.3 is 7.60 Å². The topological polar surface area (TPSA) is 183 Å². The third-order valence-corrected chi connectivity index (χ3v) is 5.39. The first-order valence-electron chi connectivity index (χ1n) is 7.86. The number of nitrogens with zero attached hydrogens (tertiary/aromatic N) is 4. The zero-order chi connectivity index (χ0) is 16.9. The second-order valence-electron chi connectivity index (χ2n) is 6.30. The van der Waals surface area contributed by atoms with Crippen LogP contribution in [0.1, 0.15) is 25.7 Å². The molecule has 0 bridgehead atoms. The molecule has 1 aliphatic carbocycles. The first-order valence-corrected chi connectivity index (χ1v) is 9.54. The van der Waals surface area contributed by atoms with Crippen molar-refractivity contribution in [2.75, 3.05) is 11.1 Å². The molecule has 3 heterocycles. The molecule has 0 amide bonds. The van der Waals surface area contributed by atoms with Crippen molar-refractivity contribution in [2.45, 2.75) is 50.2 Å². The molecule has 0 radical (unpaired) electrons. The van der Waals surface area contributed by atoms with E-state index in [1.165, 1.54) is 0 Å². The molecule has 4 rings (SSSR count). The van der Waals surface area contributed by atoms with Crippen LogP contribution in [-0.4, -0.2) is 47.3 Å². The molecule has 1 saturated heterocycles. The molecule has 138 valence electrons. The minimum absolute atomic E-state index is 0. The molecule has 0 aromatic carbocycles. The molecule has 1 saturated carbocycles. The summed E-state index contributed by atoms with van der Waals surface area (Å²) in [5, 5.41) is 3.29. The van der Waals surface area contributed by atoms with Crippen LogP contribution in [0.3, 0.4) is 0 Å². The van der Waals surface area contributed by atoms with Gasteiger partial charge in [-0.3, -0.25) is 4.57 Å². The van der Waals surface area contributed by atoms with Gasteiger partial charge in [-0.1, -0.05) is 0 Å². The number of nitrogens with two attached hydrogens (primary N) is 1. The van der Waals surface area contributed by atoms with Crippen molar-refractivity contribution in [2.24, 2.45) is 0 Å². The van der Waals surface area contributed by atoms with Crippen molar-refractivity contribution in [1.82, 2.24) is 25.7 Å². The summed E-state index contributed by atoms with van der Waals surface area (Å²) >= 11 is 0. The third-order valence-electron chi connectivity index (χ3n) is 4.26. The van der Waals surface area contributed by atoms with Crippen molar-refractivity contribution < 1.29 is 19.1 Å². The summed E-state index contributed by atoms with van der Waals surface area (Å²) < 4.78 is 18.6. The number of imidazole rings is 1. The Balaban J connectivity index is 0.00000182. The van der Waals surface area contributed by atoms with E-state index < -0.39 is 13.4 Å². The summed E-state index contributed by atoms with van der Waals surface area (Å²) in [6.45, 7) is 0.409. The van der Waals surface area contributed by atoms with Crippen molar-refractivity contribution in [3.05, 3.63) is 6.33 Å². The van der Waals surface area contributed by atoms with Gasteiger partial charge in [-0.25, -0.2) is 4.98 Å². The first kappa shape index (κ1) is 18.0. The van der Waals surface area contributed by atoms with Gasteiger partial charge in [0.1, 0.15) is 0 Å². The zero-order valence-corrected chi connectivity index (χ0v) is 14.5. The normalized spacial score (nSPS) is 23.6. The maximum atomic E-state index is 11.3. The van der Waals surface area contributed by atoms with E-state index in [0.717, 1.165) is 12.8 Å². The van der Waals surface area contributed by atoms with E-state index in [-0.39, 0.29) is 18.2 Å². The molecule has 2 fully saturated rings. The molecule has 2 aromatic rings. The Bertz CT molecular complexity index is 818. The molecule has 25 heavy (non-hydrogen) atoms. The van der Waals surface area contributed by atoms with Crippen LogP contribution in [0.4, 0.5) is 11.8 Å².